The van der Waals surface area contributed by atoms with Crippen LogP contribution in [-0.2, 0) is 0 Å². The molecule has 0 atom stereocenters. The fourth-order valence-corrected chi connectivity index (χ4v) is 2.46. The third kappa shape index (κ3) is 3.23. The van der Waals surface area contributed by atoms with Crippen molar-refractivity contribution < 1.29 is 0 Å². The van der Waals surface area contributed by atoms with Crippen molar-refractivity contribution in [2.24, 2.45) is 0 Å². The molecule has 17 heavy (non-hydrogen) atoms. The Labute approximate surface area is 112 Å². The minimum Gasteiger partial charge on any atom is -0.379 e. The summed E-state index contributed by atoms with van der Waals surface area (Å²) < 4.78 is 0.955. The van der Waals surface area contributed by atoms with E-state index in [4.69, 9.17) is 5.26 Å². The maximum atomic E-state index is 8.83. The van der Waals surface area contributed by atoms with Gasteiger partial charge in [-0.1, -0.05) is 20.8 Å². The van der Waals surface area contributed by atoms with Gasteiger partial charge in [-0.3, -0.25) is 0 Å². The van der Waals surface area contributed by atoms with E-state index in [2.05, 4.69) is 48.1 Å². The smallest absolute Gasteiger partial charge is 0.0992 e. The highest BCUT2D eigenvalue weighted by molar-refractivity contribution is 9.10. The van der Waals surface area contributed by atoms with Crippen LogP contribution in [0.1, 0.15) is 45.6 Å². The van der Waals surface area contributed by atoms with Crippen LogP contribution >= 0.6 is 15.9 Å². The molecule has 0 aliphatic carbocycles. The van der Waals surface area contributed by atoms with Gasteiger partial charge in [-0.25, -0.2) is 0 Å². The first kappa shape index (κ1) is 14.1. The van der Waals surface area contributed by atoms with Crippen molar-refractivity contribution in [3.05, 3.63) is 28.2 Å². The lowest BCUT2D eigenvalue weighted by Crippen LogP contribution is -2.36. The van der Waals surface area contributed by atoms with Crippen molar-refractivity contribution in [1.29, 1.82) is 5.26 Å². The molecule has 0 heterocycles. The van der Waals surface area contributed by atoms with Crippen molar-refractivity contribution in [1.82, 2.24) is 0 Å². The lowest BCUT2D eigenvalue weighted by molar-refractivity contribution is 0.420. The highest BCUT2D eigenvalue weighted by atomic mass is 79.9. The topological polar surface area (TPSA) is 35.8 Å². The summed E-state index contributed by atoms with van der Waals surface area (Å²) in [4.78, 5) is 0. The van der Waals surface area contributed by atoms with E-state index in [0.717, 1.165) is 29.4 Å². The van der Waals surface area contributed by atoms with E-state index >= 15 is 0 Å². The quantitative estimate of drug-likeness (QED) is 0.854. The molecular weight excluding hydrogens is 276 g/mol. The Bertz CT molecular complexity index is 408. The van der Waals surface area contributed by atoms with Crippen LogP contribution in [0.5, 0.6) is 0 Å². The Balaban J connectivity index is 2.99. The van der Waals surface area contributed by atoms with Gasteiger partial charge in [0, 0.05) is 15.7 Å². The molecule has 1 aromatic carbocycles. The van der Waals surface area contributed by atoms with Crippen LogP contribution in [0.3, 0.4) is 0 Å². The highest BCUT2D eigenvalue weighted by Crippen LogP contribution is 2.30. The summed E-state index contributed by atoms with van der Waals surface area (Å²) in [5.41, 5.74) is 1.89. The predicted octanol–water partition coefficient (Wildman–Crippen LogP) is 4.70. The van der Waals surface area contributed by atoms with Crippen LogP contribution in [0, 0.1) is 11.3 Å². The molecule has 0 bridgehead atoms. The number of hydrogen-bond acceptors (Lipinski definition) is 2. The molecule has 1 N–H and O–H groups in total. The summed E-state index contributed by atoms with van der Waals surface area (Å²) >= 11 is 3.51. The summed E-state index contributed by atoms with van der Waals surface area (Å²) in [6.45, 7) is 6.62. The van der Waals surface area contributed by atoms with Gasteiger partial charge in [-0.05, 0) is 53.4 Å². The second-order valence-corrected chi connectivity index (χ2v) is 5.13. The molecule has 2 nitrogen and oxygen atoms in total. The minimum atomic E-state index is 0.149. The van der Waals surface area contributed by atoms with Crippen molar-refractivity contribution in [2.45, 2.75) is 45.6 Å². The Hall–Kier alpha value is -1.01. The van der Waals surface area contributed by atoms with E-state index in [0.29, 0.717) is 5.56 Å². The monoisotopic (exact) mass is 294 g/mol. The number of nitrogens with one attached hydrogen (secondary N) is 1. The van der Waals surface area contributed by atoms with E-state index in [-0.39, 0.29) is 5.54 Å². The maximum absolute atomic E-state index is 8.83. The number of nitrogens with zero attached hydrogens (tertiary/aromatic N) is 1. The molecule has 0 fully saturated rings. The van der Waals surface area contributed by atoms with Gasteiger partial charge in [-0.15, -0.1) is 0 Å². The van der Waals surface area contributed by atoms with Crippen LogP contribution < -0.4 is 5.32 Å². The number of hydrogen-bond donors (Lipinski definition) is 1. The van der Waals surface area contributed by atoms with Crippen molar-refractivity contribution >= 4 is 21.6 Å². The van der Waals surface area contributed by atoms with Crippen molar-refractivity contribution in [3.8, 4) is 6.07 Å². The molecule has 0 amide bonds. The van der Waals surface area contributed by atoms with Crippen LogP contribution in [0.25, 0.3) is 0 Å². The molecule has 1 aromatic rings. The van der Waals surface area contributed by atoms with E-state index in [1.165, 1.54) is 0 Å². The first-order valence-electron chi connectivity index (χ1n) is 6.08. The Kier molecular flexibility index (Phi) is 5.02. The predicted molar refractivity (Wildman–Crippen MR) is 76.1 cm³/mol. The number of benzene rings is 1. The zero-order valence-corrected chi connectivity index (χ0v) is 12.3. The number of nitriles is 1. The molecule has 0 aromatic heterocycles. The molecule has 0 aliphatic rings. The zero-order valence-electron chi connectivity index (χ0n) is 10.7. The van der Waals surface area contributed by atoms with Crippen molar-refractivity contribution in [3.63, 3.8) is 0 Å². The summed E-state index contributed by atoms with van der Waals surface area (Å²) in [5, 5.41) is 12.4. The summed E-state index contributed by atoms with van der Waals surface area (Å²) in [5.74, 6) is 0. The van der Waals surface area contributed by atoms with E-state index in [9.17, 15) is 0 Å². The number of rotatable bonds is 5. The fraction of sp³-hybridized carbons (Fsp3) is 0.500. The Morgan fingerprint density at radius 1 is 1.24 bits per heavy atom. The van der Waals surface area contributed by atoms with E-state index in [1.807, 2.05) is 18.2 Å². The van der Waals surface area contributed by atoms with Gasteiger partial charge in [-0.2, -0.15) is 5.26 Å². The molecule has 0 saturated heterocycles. The van der Waals surface area contributed by atoms with Gasteiger partial charge in [0.1, 0.15) is 0 Å². The molecule has 0 radical (unpaired) electrons. The summed E-state index contributed by atoms with van der Waals surface area (Å²) in [6.07, 6.45) is 3.27. The standard InChI is InChI=1S/C14H19BrN2/c1-4-14(5-2,6-3)17-13-8-7-11(10-16)9-12(13)15/h7-9,17H,4-6H2,1-3H3. The minimum absolute atomic E-state index is 0.149. The lowest BCUT2D eigenvalue weighted by atomic mass is 9.89. The average molecular weight is 295 g/mol. The third-order valence-corrected chi connectivity index (χ3v) is 4.18. The SMILES string of the molecule is CCC(CC)(CC)Nc1ccc(C#N)cc1Br. The van der Waals surface area contributed by atoms with Gasteiger partial charge in [0.25, 0.3) is 0 Å². The molecule has 0 aliphatic heterocycles. The largest absolute Gasteiger partial charge is 0.379 e. The van der Waals surface area contributed by atoms with Crippen LogP contribution in [0.2, 0.25) is 0 Å². The Morgan fingerprint density at radius 2 is 1.82 bits per heavy atom. The number of halogens is 1. The molecule has 0 spiro atoms. The van der Waals surface area contributed by atoms with Crippen LogP contribution in [0.15, 0.2) is 22.7 Å². The second kappa shape index (κ2) is 6.07. The fourth-order valence-electron chi connectivity index (χ4n) is 1.99. The first-order chi connectivity index (χ1) is 8.10. The van der Waals surface area contributed by atoms with Crippen LogP contribution in [0.4, 0.5) is 5.69 Å². The van der Waals surface area contributed by atoms with Crippen LogP contribution in [-0.4, -0.2) is 5.54 Å². The number of anilines is 1. The molecule has 3 heteroatoms. The zero-order chi connectivity index (χ0) is 12.9. The van der Waals surface area contributed by atoms with Gasteiger partial charge < -0.3 is 5.32 Å². The van der Waals surface area contributed by atoms with Gasteiger partial charge in [0.05, 0.1) is 11.6 Å². The second-order valence-electron chi connectivity index (χ2n) is 4.27. The highest BCUT2D eigenvalue weighted by Gasteiger charge is 2.23. The van der Waals surface area contributed by atoms with E-state index < -0.39 is 0 Å². The lowest BCUT2D eigenvalue weighted by Gasteiger charge is -2.33. The maximum Gasteiger partial charge on any atom is 0.0992 e. The van der Waals surface area contributed by atoms with Crippen molar-refractivity contribution in [2.75, 3.05) is 5.32 Å². The van der Waals surface area contributed by atoms with Gasteiger partial charge in [0.15, 0.2) is 0 Å². The molecule has 1 rings (SSSR count). The van der Waals surface area contributed by atoms with Gasteiger partial charge in [0.2, 0.25) is 0 Å². The van der Waals surface area contributed by atoms with E-state index in [1.54, 1.807) is 0 Å². The molecule has 0 saturated carbocycles. The average Bonchev–Trinajstić information content (AvgIpc) is 2.38. The molecular formula is C14H19BrN2. The molecule has 92 valence electrons. The first-order valence-corrected chi connectivity index (χ1v) is 6.88. The summed E-state index contributed by atoms with van der Waals surface area (Å²) in [6, 6.07) is 7.81. The van der Waals surface area contributed by atoms with Gasteiger partial charge >= 0.3 is 0 Å². The third-order valence-electron chi connectivity index (χ3n) is 3.53. The summed E-state index contributed by atoms with van der Waals surface area (Å²) in [7, 11) is 0. The Morgan fingerprint density at radius 3 is 2.24 bits per heavy atom. The normalized spacial score (nSPS) is 11.0. The molecule has 0 unspecified atom stereocenters.